The number of nitrogens with one attached hydrogen (secondary N) is 1. The van der Waals surface area contributed by atoms with Crippen LogP contribution in [0, 0.1) is 0 Å². The lowest BCUT2D eigenvalue weighted by atomic mass is 10.3. The molecule has 1 aliphatic rings. The van der Waals surface area contributed by atoms with Crippen molar-refractivity contribution in [1.29, 1.82) is 0 Å². The Morgan fingerprint density at radius 1 is 1.18 bits per heavy atom. The summed E-state index contributed by atoms with van der Waals surface area (Å²) in [5, 5.41) is 4.33. The largest absolute Gasteiger partial charge is 0.385 e. The first kappa shape index (κ1) is 12.8. The topological polar surface area (TPSA) is 12.0 Å². The van der Waals surface area contributed by atoms with E-state index < -0.39 is 0 Å². The third kappa shape index (κ3) is 4.27. The van der Waals surface area contributed by atoms with Gasteiger partial charge in [-0.25, -0.2) is 0 Å². The van der Waals surface area contributed by atoms with Crippen LogP contribution in [0.1, 0.15) is 45.4 Å². The number of anilines is 1. The number of rotatable bonds is 6. The summed E-state index contributed by atoms with van der Waals surface area (Å²) in [7, 11) is 0. The lowest BCUT2D eigenvalue weighted by Gasteiger charge is -2.10. The van der Waals surface area contributed by atoms with Crippen LogP contribution in [0.4, 0.5) is 5.69 Å². The first-order chi connectivity index (χ1) is 8.38. The van der Waals surface area contributed by atoms with Crippen molar-refractivity contribution in [2.24, 2.45) is 0 Å². The van der Waals surface area contributed by atoms with Crippen LogP contribution in [-0.4, -0.2) is 11.8 Å². The van der Waals surface area contributed by atoms with E-state index in [4.69, 9.17) is 0 Å². The molecule has 0 aliphatic heterocycles. The summed E-state index contributed by atoms with van der Waals surface area (Å²) >= 11 is 2.06. The van der Waals surface area contributed by atoms with Crippen LogP contribution in [0.3, 0.4) is 0 Å². The van der Waals surface area contributed by atoms with Gasteiger partial charge in [0.1, 0.15) is 0 Å². The molecule has 0 radical (unpaired) electrons. The van der Waals surface area contributed by atoms with Crippen LogP contribution in [0.25, 0.3) is 0 Å². The summed E-state index contributed by atoms with van der Waals surface area (Å²) in [4.78, 5) is 1.43. The SMILES string of the molecule is CCCCNc1ccc(SC2CCCC2)cc1. The third-order valence-corrected chi connectivity index (χ3v) is 4.67. The van der Waals surface area contributed by atoms with Gasteiger partial charge < -0.3 is 5.32 Å². The van der Waals surface area contributed by atoms with Gasteiger partial charge in [-0.15, -0.1) is 11.8 Å². The molecule has 1 aromatic carbocycles. The Morgan fingerprint density at radius 2 is 1.88 bits per heavy atom. The standard InChI is InChI=1S/C15H23NS/c1-2-3-12-16-13-8-10-15(11-9-13)17-14-6-4-5-7-14/h8-11,14,16H,2-7,12H2,1H3. The molecule has 0 saturated heterocycles. The molecule has 0 bridgehead atoms. The Kier molecular flexibility index (Phi) is 5.24. The van der Waals surface area contributed by atoms with Crippen molar-refractivity contribution >= 4 is 17.4 Å². The van der Waals surface area contributed by atoms with E-state index in [1.54, 1.807) is 0 Å². The van der Waals surface area contributed by atoms with Crippen LogP contribution in [0.5, 0.6) is 0 Å². The molecular weight excluding hydrogens is 226 g/mol. The van der Waals surface area contributed by atoms with Crippen LogP contribution in [0.15, 0.2) is 29.2 Å². The minimum absolute atomic E-state index is 0.869. The molecule has 17 heavy (non-hydrogen) atoms. The summed E-state index contributed by atoms with van der Waals surface area (Å²) in [6.45, 7) is 3.31. The smallest absolute Gasteiger partial charge is 0.0340 e. The van der Waals surface area contributed by atoms with E-state index in [-0.39, 0.29) is 0 Å². The van der Waals surface area contributed by atoms with Crippen LogP contribution < -0.4 is 5.32 Å². The molecule has 2 rings (SSSR count). The maximum Gasteiger partial charge on any atom is 0.0340 e. The maximum atomic E-state index is 3.46. The lowest BCUT2D eigenvalue weighted by Crippen LogP contribution is -2.00. The molecule has 0 amide bonds. The summed E-state index contributed by atoms with van der Waals surface area (Å²) in [6, 6.07) is 8.95. The summed E-state index contributed by atoms with van der Waals surface area (Å²) < 4.78 is 0. The van der Waals surface area contributed by atoms with Crippen molar-refractivity contribution in [3.8, 4) is 0 Å². The number of hydrogen-bond donors (Lipinski definition) is 1. The number of thioether (sulfide) groups is 1. The minimum atomic E-state index is 0.869. The second-order valence-electron chi connectivity index (χ2n) is 4.83. The van der Waals surface area contributed by atoms with Gasteiger partial charge in [0.2, 0.25) is 0 Å². The van der Waals surface area contributed by atoms with E-state index in [0.29, 0.717) is 0 Å². The van der Waals surface area contributed by atoms with Crippen molar-refractivity contribution in [2.75, 3.05) is 11.9 Å². The van der Waals surface area contributed by atoms with E-state index >= 15 is 0 Å². The number of benzene rings is 1. The Labute approximate surface area is 109 Å². The van der Waals surface area contributed by atoms with Gasteiger partial charge in [-0.3, -0.25) is 0 Å². The predicted molar refractivity (Wildman–Crippen MR) is 78.0 cm³/mol. The predicted octanol–water partition coefficient (Wildman–Crippen LogP) is 4.93. The first-order valence-corrected chi connectivity index (χ1v) is 7.77. The minimum Gasteiger partial charge on any atom is -0.385 e. The lowest BCUT2D eigenvalue weighted by molar-refractivity contribution is 0.834. The van der Waals surface area contributed by atoms with E-state index in [1.165, 1.54) is 49.1 Å². The molecule has 1 aliphatic carbocycles. The van der Waals surface area contributed by atoms with Crippen LogP contribution >= 0.6 is 11.8 Å². The summed E-state index contributed by atoms with van der Waals surface area (Å²) in [5.41, 5.74) is 1.26. The molecule has 0 atom stereocenters. The Hall–Kier alpha value is -0.630. The fourth-order valence-electron chi connectivity index (χ4n) is 2.26. The van der Waals surface area contributed by atoms with Gasteiger partial charge in [-0.05, 0) is 43.5 Å². The fraction of sp³-hybridized carbons (Fsp3) is 0.600. The fourth-order valence-corrected chi connectivity index (χ4v) is 3.51. The third-order valence-electron chi connectivity index (χ3n) is 3.32. The molecule has 0 unspecified atom stereocenters. The molecule has 1 nitrogen and oxygen atoms in total. The maximum absolute atomic E-state index is 3.46. The average molecular weight is 249 g/mol. The van der Waals surface area contributed by atoms with Crippen LogP contribution in [0.2, 0.25) is 0 Å². The van der Waals surface area contributed by atoms with Gasteiger partial charge in [-0.2, -0.15) is 0 Å². The molecule has 0 heterocycles. The van der Waals surface area contributed by atoms with Crippen LogP contribution in [-0.2, 0) is 0 Å². The molecule has 1 aromatic rings. The van der Waals surface area contributed by atoms with Gasteiger partial charge in [-0.1, -0.05) is 26.2 Å². The average Bonchev–Trinajstić information content (AvgIpc) is 2.85. The summed E-state index contributed by atoms with van der Waals surface area (Å²) in [6.07, 6.45) is 8.16. The molecule has 1 fully saturated rings. The van der Waals surface area contributed by atoms with Crippen molar-refractivity contribution in [2.45, 2.75) is 55.6 Å². The molecule has 2 heteroatoms. The van der Waals surface area contributed by atoms with E-state index in [2.05, 4.69) is 48.3 Å². The monoisotopic (exact) mass is 249 g/mol. The zero-order valence-electron chi connectivity index (χ0n) is 10.7. The van der Waals surface area contributed by atoms with Gasteiger partial charge in [0, 0.05) is 22.4 Å². The second kappa shape index (κ2) is 6.95. The first-order valence-electron chi connectivity index (χ1n) is 6.89. The highest BCUT2D eigenvalue weighted by molar-refractivity contribution is 8.00. The second-order valence-corrected chi connectivity index (χ2v) is 6.20. The molecule has 1 saturated carbocycles. The van der Waals surface area contributed by atoms with Gasteiger partial charge in [0.05, 0.1) is 0 Å². The Bertz CT molecular complexity index is 314. The molecule has 1 N–H and O–H groups in total. The summed E-state index contributed by atoms with van der Waals surface area (Å²) in [5.74, 6) is 0. The molecule has 0 aromatic heterocycles. The number of hydrogen-bond acceptors (Lipinski definition) is 2. The Balaban J connectivity index is 1.80. The van der Waals surface area contributed by atoms with E-state index in [9.17, 15) is 0 Å². The Morgan fingerprint density at radius 3 is 2.53 bits per heavy atom. The van der Waals surface area contributed by atoms with Crippen molar-refractivity contribution in [1.82, 2.24) is 0 Å². The zero-order valence-corrected chi connectivity index (χ0v) is 11.6. The van der Waals surface area contributed by atoms with Crippen molar-refractivity contribution < 1.29 is 0 Å². The molecule has 0 spiro atoms. The number of unbranched alkanes of at least 4 members (excludes halogenated alkanes) is 1. The quantitative estimate of drug-likeness (QED) is 0.717. The van der Waals surface area contributed by atoms with Gasteiger partial charge in [0.15, 0.2) is 0 Å². The highest BCUT2D eigenvalue weighted by Gasteiger charge is 2.15. The van der Waals surface area contributed by atoms with Gasteiger partial charge in [0.25, 0.3) is 0 Å². The van der Waals surface area contributed by atoms with Crippen molar-refractivity contribution in [3.05, 3.63) is 24.3 Å². The zero-order chi connectivity index (χ0) is 11.9. The highest BCUT2D eigenvalue weighted by atomic mass is 32.2. The highest BCUT2D eigenvalue weighted by Crippen LogP contribution is 2.34. The van der Waals surface area contributed by atoms with E-state index in [1.807, 2.05) is 0 Å². The molecular formula is C15H23NS. The van der Waals surface area contributed by atoms with Crippen molar-refractivity contribution in [3.63, 3.8) is 0 Å². The van der Waals surface area contributed by atoms with Gasteiger partial charge >= 0.3 is 0 Å². The van der Waals surface area contributed by atoms with E-state index in [0.717, 1.165) is 11.8 Å². The normalized spacial score (nSPS) is 16.3. The molecule has 94 valence electrons.